The number of halogens is 3. The van der Waals surface area contributed by atoms with Crippen molar-refractivity contribution in [1.82, 2.24) is 15.2 Å². The van der Waals surface area contributed by atoms with Gasteiger partial charge in [0.15, 0.2) is 0 Å². The van der Waals surface area contributed by atoms with Crippen molar-refractivity contribution < 1.29 is 22.8 Å². The number of amides is 2. The number of imide groups is 1. The summed E-state index contributed by atoms with van der Waals surface area (Å²) < 4.78 is 38.5. The number of alkyl halides is 3. The van der Waals surface area contributed by atoms with E-state index in [-0.39, 0.29) is 17.5 Å². The van der Waals surface area contributed by atoms with Crippen LogP contribution in [0.3, 0.4) is 0 Å². The van der Waals surface area contributed by atoms with Crippen molar-refractivity contribution in [1.29, 1.82) is 0 Å². The highest BCUT2D eigenvalue weighted by Gasteiger charge is 2.40. The summed E-state index contributed by atoms with van der Waals surface area (Å²) in [6.07, 6.45) is -3.19. The van der Waals surface area contributed by atoms with Crippen molar-refractivity contribution in [3.05, 3.63) is 90.6 Å². The maximum absolute atomic E-state index is 13.1. The van der Waals surface area contributed by atoms with Gasteiger partial charge in [0.2, 0.25) is 17.0 Å². The van der Waals surface area contributed by atoms with E-state index in [4.69, 9.17) is 0 Å². The quantitative estimate of drug-likeness (QED) is 0.210. The highest BCUT2D eigenvalue weighted by molar-refractivity contribution is 8.00. The van der Waals surface area contributed by atoms with Crippen LogP contribution in [0.25, 0.3) is 11.3 Å². The molecule has 1 aliphatic rings. The Morgan fingerprint density at radius 1 is 0.868 bits per heavy atom. The fourth-order valence-electron chi connectivity index (χ4n) is 3.68. The molecule has 8 nitrogen and oxygen atoms in total. The minimum atomic E-state index is -4.45. The number of carbonyl (C=O) groups is 2. The number of carbonyl (C=O) groups excluding carboxylic acids is 2. The molecule has 2 amide bonds. The van der Waals surface area contributed by atoms with Crippen molar-refractivity contribution in [3.63, 3.8) is 0 Å². The molecule has 2 heterocycles. The Kier molecular flexibility index (Phi) is 6.97. The van der Waals surface area contributed by atoms with Gasteiger partial charge in [0.25, 0.3) is 0 Å². The number of anilines is 1. The highest BCUT2D eigenvalue weighted by atomic mass is 32.2. The summed E-state index contributed by atoms with van der Waals surface area (Å²) in [5, 5.41) is 15.4. The zero-order valence-corrected chi connectivity index (χ0v) is 20.2. The number of rotatable bonds is 6. The van der Waals surface area contributed by atoms with Crippen molar-refractivity contribution in [2.24, 2.45) is 10.2 Å². The minimum absolute atomic E-state index is 0.0627. The molecule has 0 spiro atoms. The normalized spacial score (nSPS) is 16.0. The first kappa shape index (κ1) is 25.2. The molecule has 5 rings (SSSR count). The SMILES string of the molecule is O=C1CC(Sc2nncc(-c3ccc(C(F)(F)F)cc3)n2)C(=O)N1c1ccc(N=Nc2ccccc2)cc1. The number of nitrogens with zero attached hydrogens (tertiary/aromatic N) is 6. The lowest BCUT2D eigenvalue weighted by atomic mass is 10.1. The molecule has 0 saturated carbocycles. The average molecular weight is 535 g/mol. The Hall–Kier alpha value is -4.45. The van der Waals surface area contributed by atoms with Crippen LogP contribution in [-0.4, -0.2) is 32.2 Å². The molecule has 4 aromatic rings. The van der Waals surface area contributed by atoms with Crippen LogP contribution in [-0.2, 0) is 15.8 Å². The van der Waals surface area contributed by atoms with Gasteiger partial charge < -0.3 is 0 Å². The Balaban J connectivity index is 1.27. The van der Waals surface area contributed by atoms with Crippen molar-refractivity contribution in [3.8, 4) is 11.3 Å². The van der Waals surface area contributed by atoms with Crippen LogP contribution in [0.4, 0.5) is 30.2 Å². The first-order valence-corrected chi connectivity index (χ1v) is 12.1. The fraction of sp³-hybridized carbons (Fsp3) is 0.115. The van der Waals surface area contributed by atoms with E-state index >= 15 is 0 Å². The van der Waals surface area contributed by atoms with Crippen LogP contribution in [0.2, 0.25) is 0 Å². The fourth-order valence-corrected chi connectivity index (χ4v) is 4.61. The predicted molar refractivity (Wildman–Crippen MR) is 134 cm³/mol. The molecule has 3 aromatic carbocycles. The van der Waals surface area contributed by atoms with E-state index in [9.17, 15) is 22.8 Å². The van der Waals surface area contributed by atoms with E-state index in [2.05, 4.69) is 25.4 Å². The molecule has 1 fully saturated rings. The Morgan fingerprint density at radius 3 is 2.18 bits per heavy atom. The Labute approximate surface area is 218 Å². The van der Waals surface area contributed by atoms with Crippen LogP contribution in [0.1, 0.15) is 12.0 Å². The molecular formula is C26H17F3N6O2S. The van der Waals surface area contributed by atoms with Gasteiger partial charge in [0, 0.05) is 12.0 Å². The molecule has 12 heteroatoms. The summed E-state index contributed by atoms with van der Waals surface area (Å²) in [5.74, 6) is -0.805. The number of aromatic nitrogens is 3. The number of azo groups is 1. The van der Waals surface area contributed by atoms with Gasteiger partial charge in [0.05, 0.1) is 34.5 Å². The second-order valence-corrected chi connectivity index (χ2v) is 9.30. The van der Waals surface area contributed by atoms with Crippen LogP contribution in [0.5, 0.6) is 0 Å². The molecule has 0 radical (unpaired) electrons. The first-order chi connectivity index (χ1) is 18.3. The van der Waals surface area contributed by atoms with E-state index in [0.29, 0.717) is 28.3 Å². The molecule has 1 atom stereocenters. The molecular weight excluding hydrogens is 517 g/mol. The van der Waals surface area contributed by atoms with E-state index < -0.39 is 22.9 Å². The third kappa shape index (κ3) is 5.59. The van der Waals surface area contributed by atoms with Crippen LogP contribution in [0, 0.1) is 0 Å². The zero-order chi connectivity index (χ0) is 26.7. The smallest absolute Gasteiger partial charge is 0.274 e. The second kappa shape index (κ2) is 10.5. The minimum Gasteiger partial charge on any atom is -0.274 e. The summed E-state index contributed by atoms with van der Waals surface area (Å²) in [5.41, 5.74) is 1.59. The Bertz CT molecular complexity index is 1500. The van der Waals surface area contributed by atoms with Crippen LogP contribution in [0.15, 0.2) is 100 Å². The van der Waals surface area contributed by atoms with Gasteiger partial charge >= 0.3 is 6.18 Å². The van der Waals surface area contributed by atoms with Gasteiger partial charge in [-0.15, -0.1) is 5.10 Å². The molecule has 0 bridgehead atoms. The van der Waals surface area contributed by atoms with E-state index in [0.717, 1.165) is 28.8 Å². The second-order valence-electron chi connectivity index (χ2n) is 8.13. The van der Waals surface area contributed by atoms with Crippen LogP contribution < -0.4 is 4.90 Å². The first-order valence-electron chi connectivity index (χ1n) is 11.3. The lowest BCUT2D eigenvalue weighted by molar-refractivity contribution is -0.137. The van der Waals surface area contributed by atoms with E-state index in [1.54, 1.807) is 24.3 Å². The summed E-state index contributed by atoms with van der Waals surface area (Å²) >= 11 is 0.976. The van der Waals surface area contributed by atoms with Gasteiger partial charge in [-0.05, 0) is 48.5 Å². The van der Waals surface area contributed by atoms with Gasteiger partial charge in [-0.1, -0.05) is 42.1 Å². The monoisotopic (exact) mass is 534 g/mol. The molecule has 0 aliphatic carbocycles. The summed E-state index contributed by atoms with van der Waals surface area (Å²) in [6.45, 7) is 0. The highest BCUT2D eigenvalue weighted by Crippen LogP contribution is 2.34. The standard InChI is InChI=1S/C26H17F3N6O2S/c27-26(28,29)17-8-6-16(7-9-17)21-15-30-34-25(31-21)38-22-14-23(36)35(24(22)37)20-12-10-19(11-13-20)33-32-18-4-2-1-3-5-18/h1-13,15,22H,14H2. The molecule has 190 valence electrons. The molecule has 1 aromatic heterocycles. The molecule has 1 saturated heterocycles. The van der Waals surface area contributed by atoms with Crippen LogP contribution >= 0.6 is 11.8 Å². The van der Waals surface area contributed by atoms with Gasteiger partial charge in [-0.25, -0.2) is 9.88 Å². The predicted octanol–water partition coefficient (Wildman–Crippen LogP) is 6.40. The zero-order valence-electron chi connectivity index (χ0n) is 19.4. The molecule has 1 unspecified atom stereocenters. The molecule has 38 heavy (non-hydrogen) atoms. The van der Waals surface area contributed by atoms with Crippen molar-refractivity contribution in [2.75, 3.05) is 4.90 Å². The van der Waals surface area contributed by atoms with Crippen molar-refractivity contribution >= 4 is 40.6 Å². The lowest BCUT2D eigenvalue weighted by Gasteiger charge is -2.14. The van der Waals surface area contributed by atoms with Gasteiger partial charge in [-0.3, -0.25) is 9.59 Å². The summed E-state index contributed by atoms with van der Waals surface area (Å²) in [7, 11) is 0. The third-order valence-corrected chi connectivity index (χ3v) is 6.58. The van der Waals surface area contributed by atoms with Crippen molar-refractivity contribution in [2.45, 2.75) is 23.0 Å². The van der Waals surface area contributed by atoms with E-state index in [1.165, 1.54) is 18.3 Å². The number of hydrogen-bond acceptors (Lipinski definition) is 8. The Morgan fingerprint density at radius 2 is 1.53 bits per heavy atom. The third-order valence-electron chi connectivity index (χ3n) is 5.55. The maximum atomic E-state index is 13.1. The molecule has 0 N–H and O–H groups in total. The largest absolute Gasteiger partial charge is 0.416 e. The molecule has 1 aliphatic heterocycles. The maximum Gasteiger partial charge on any atom is 0.416 e. The van der Waals surface area contributed by atoms with E-state index in [1.807, 2.05) is 30.3 Å². The number of thioether (sulfide) groups is 1. The number of benzene rings is 3. The average Bonchev–Trinajstić information content (AvgIpc) is 3.20. The van der Waals surface area contributed by atoms with Gasteiger partial charge in [0.1, 0.15) is 5.25 Å². The summed E-state index contributed by atoms with van der Waals surface area (Å²) in [4.78, 5) is 31.2. The van der Waals surface area contributed by atoms with Gasteiger partial charge in [-0.2, -0.15) is 28.5 Å². The number of hydrogen-bond donors (Lipinski definition) is 0. The lowest BCUT2D eigenvalue weighted by Crippen LogP contribution is -2.31. The topological polar surface area (TPSA) is 101 Å². The summed E-state index contributed by atoms with van der Waals surface area (Å²) in [6, 6.07) is 20.2.